The molecule has 6 nitrogen and oxygen atoms in total. The summed E-state index contributed by atoms with van der Waals surface area (Å²) in [4.78, 5) is 16.6. The average molecular weight is 282 g/mol. The fourth-order valence-electron chi connectivity index (χ4n) is 2.14. The molecular formula is C15H14N4O2. The van der Waals surface area contributed by atoms with Gasteiger partial charge in [0.1, 0.15) is 5.75 Å². The second kappa shape index (κ2) is 5.24. The van der Waals surface area contributed by atoms with Crippen molar-refractivity contribution in [3.05, 3.63) is 47.8 Å². The third-order valence-electron chi connectivity index (χ3n) is 3.20. The first-order valence-corrected chi connectivity index (χ1v) is 6.43. The van der Waals surface area contributed by atoms with E-state index < -0.39 is 0 Å². The zero-order valence-corrected chi connectivity index (χ0v) is 11.7. The molecule has 2 aromatic heterocycles. The predicted octanol–water partition coefficient (Wildman–Crippen LogP) is 2.53. The van der Waals surface area contributed by atoms with Crippen molar-refractivity contribution in [1.82, 2.24) is 15.2 Å². The van der Waals surface area contributed by atoms with Crippen LogP contribution in [0.2, 0.25) is 0 Å². The molecule has 0 bridgehead atoms. The number of carbonyl (C=O) groups excluding carboxylic acids is 1. The molecule has 1 amide bonds. The van der Waals surface area contributed by atoms with E-state index in [-0.39, 0.29) is 5.91 Å². The molecule has 0 unspecified atom stereocenters. The molecule has 0 aliphatic carbocycles. The number of rotatable bonds is 3. The number of aryl methyl sites for hydroxylation is 1. The molecule has 0 saturated carbocycles. The molecule has 0 aliphatic rings. The zero-order chi connectivity index (χ0) is 14.8. The van der Waals surface area contributed by atoms with E-state index >= 15 is 0 Å². The predicted molar refractivity (Wildman–Crippen MR) is 79.6 cm³/mol. The standard InChI is InChI=1S/C15H14N4O2/c1-9-3-4-10(13(7-9)21-2)15(20)18-12-5-6-16-14-11(12)8-17-19-14/h3-8H,1-2H3,(H2,16,17,18,19,20). The maximum Gasteiger partial charge on any atom is 0.259 e. The quantitative estimate of drug-likeness (QED) is 0.773. The number of methoxy groups -OCH3 is 1. The summed E-state index contributed by atoms with van der Waals surface area (Å²) in [5, 5.41) is 10.3. The minimum absolute atomic E-state index is 0.236. The molecule has 2 heterocycles. The van der Waals surface area contributed by atoms with Crippen LogP contribution in [0.1, 0.15) is 15.9 Å². The number of H-pyrrole nitrogens is 1. The molecule has 0 fully saturated rings. The van der Waals surface area contributed by atoms with Crippen molar-refractivity contribution < 1.29 is 9.53 Å². The van der Waals surface area contributed by atoms with Crippen LogP contribution in [0.3, 0.4) is 0 Å². The van der Waals surface area contributed by atoms with E-state index in [0.29, 0.717) is 22.6 Å². The van der Waals surface area contributed by atoms with E-state index in [0.717, 1.165) is 10.9 Å². The van der Waals surface area contributed by atoms with Crippen molar-refractivity contribution in [2.75, 3.05) is 12.4 Å². The number of nitrogens with one attached hydrogen (secondary N) is 2. The number of aromatic amines is 1. The Kier molecular flexibility index (Phi) is 3.27. The Morgan fingerprint density at radius 1 is 1.33 bits per heavy atom. The number of nitrogens with zero attached hydrogens (tertiary/aromatic N) is 2. The van der Waals surface area contributed by atoms with Gasteiger partial charge in [-0.2, -0.15) is 5.10 Å². The van der Waals surface area contributed by atoms with E-state index in [4.69, 9.17) is 4.74 Å². The molecule has 6 heteroatoms. The van der Waals surface area contributed by atoms with Crippen molar-refractivity contribution in [1.29, 1.82) is 0 Å². The Hall–Kier alpha value is -2.89. The SMILES string of the molecule is COc1cc(C)ccc1C(=O)Nc1ccnc2[nH]ncc12. The fourth-order valence-corrected chi connectivity index (χ4v) is 2.14. The van der Waals surface area contributed by atoms with Crippen LogP contribution in [0.4, 0.5) is 5.69 Å². The van der Waals surface area contributed by atoms with Gasteiger partial charge in [-0.1, -0.05) is 6.07 Å². The van der Waals surface area contributed by atoms with Gasteiger partial charge in [0.05, 0.1) is 29.9 Å². The Bertz CT molecular complexity index is 810. The van der Waals surface area contributed by atoms with Gasteiger partial charge in [0.15, 0.2) is 5.65 Å². The normalized spacial score (nSPS) is 10.6. The first-order chi connectivity index (χ1) is 10.2. The Morgan fingerprint density at radius 3 is 3.00 bits per heavy atom. The molecule has 21 heavy (non-hydrogen) atoms. The summed E-state index contributed by atoms with van der Waals surface area (Å²) < 4.78 is 5.27. The van der Waals surface area contributed by atoms with E-state index in [1.807, 2.05) is 19.1 Å². The summed E-state index contributed by atoms with van der Waals surface area (Å²) in [6.45, 7) is 1.95. The monoisotopic (exact) mass is 282 g/mol. The van der Waals surface area contributed by atoms with Gasteiger partial charge in [-0.25, -0.2) is 4.98 Å². The maximum absolute atomic E-state index is 12.4. The lowest BCUT2D eigenvalue weighted by molar-refractivity contribution is 0.102. The third-order valence-corrected chi connectivity index (χ3v) is 3.20. The van der Waals surface area contributed by atoms with Crippen LogP contribution in [0.5, 0.6) is 5.75 Å². The molecule has 106 valence electrons. The number of anilines is 1. The topological polar surface area (TPSA) is 79.9 Å². The highest BCUT2D eigenvalue weighted by atomic mass is 16.5. The van der Waals surface area contributed by atoms with Crippen LogP contribution in [0, 0.1) is 6.92 Å². The molecule has 3 rings (SSSR count). The van der Waals surface area contributed by atoms with Gasteiger partial charge in [-0.3, -0.25) is 9.89 Å². The minimum atomic E-state index is -0.236. The lowest BCUT2D eigenvalue weighted by Crippen LogP contribution is -2.13. The number of ether oxygens (including phenoxy) is 1. The summed E-state index contributed by atoms with van der Waals surface area (Å²) in [6.07, 6.45) is 3.24. The van der Waals surface area contributed by atoms with E-state index in [1.165, 1.54) is 0 Å². The van der Waals surface area contributed by atoms with Gasteiger partial charge >= 0.3 is 0 Å². The number of aromatic nitrogens is 3. The van der Waals surface area contributed by atoms with Crippen molar-refractivity contribution in [3.63, 3.8) is 0 Å². The van der Waals surface area contributed by atoms with Crippen molar-refractivity contribution in [3.8, 4) is 5.75 Å². The summed E-state index contributed by atoms with van der Waals surface area (Å²) >= 11 is 0. The second-order valence-electron chi connectivity index (χ2n) is 4.65. The Balaban J connectivity index is 1.95. The van der Waals surface area contributed by atoms with Gasteiger partial charge in [-0.05, 0) is 30.7 Å². The van der Waals surface area contributed by atoms with E-state index in [9.17, 15) is 4.79 Å². The zero-order valence-electron chi connectivity index (χ0n) is 11.7. The average Bonchev–Trinajstić information content (AvgIpc) is 2.96. The van der Waals surface area contributed by atoms with E-state index in [2.05, 4.69) is 20.5 Å². The van der Waals surface area contributed by atoms with Gasteiger partial charge in [0.25, 0.3) is 5.91 Å². The van der Waals surface area contributed by atoms with Crippen LogP contribution in [0.25, 0.3) is 11.0 Å². The van der Waals surface area contributed by atoms with Gasteiger partial charge < -0.3 is 10.1 Å². The molecule has 1 aromatic carbocycles. The van der Waals surface area contributed by atoms with Crippen LogP contribution in [-0.2, 0) is 0 Å². The largest absolute Gasteiger partial charge is 0.496 e. The number of amides is 1. The molecule has 2 N–H and O–H groups in total. The molecule has 0 saturated heterocycles. The number of pyridine rings is 1. The maximum atomic E-state index is 12.4. The number of fused-ring (bicyclic) bond motifs is 1. The van der Waals surface area contributed by atoms with Crippen LogP contribution in [-0.4, -0.2) is 28.2 Å². The van der Waals surface area contributed by atoms with Gasteiger partial charge in [0.2, 0.25) is 0 Å². The molecule has 0 atom stereocenters. The second-order valence-corrected chi connectivity index (χ2v) is 4.65. The molecule has 0 radical (unpaired) electrons. The summed E-state index contributed by atoms with van der Waals surface area (Å²) in [5.41, 5.74) is 2.80. The number of benzene rings is 1. The molecule has 3 aromatic rings. The highest BCUT2D eigenvalue weighted by molar-refractivity contribution is 6.09. The number of carbonyl (C=O) groups is 1. The first kappa shape index (κ1) is 13.1. The fraction of sp³-hybridized carbons (Fsp3) is 0.133. The van der Waals surface area contributed by atoms with Crippen LogP contribution < -0.4 is 10.1 Å². The summed E-state index contributed by atoms with van der Waals surface area (Å²) in [7, 11) is 1.55. The first-order valence-electron chi connectivity index (χ1n) is 6.43. The van der Waals surface area contributed by atoms with Crippen molar-refractivity contribution >= 4 is 22.6 Å². The summed E-state index contributed by atoms with van der Waals surface area (Å²) in [6, 6.07) is 7.18. The van der Waals surface area contributed by atoms with E-state index in [1.54, 1.807) is 31.6 Å². The highest BCUT2D eigenvalue weighted by Crippen LogP contribution is 2.24. The van der Waals surface area contributed by atoms with Crippen molar-refractivity contribution in [2.45, 2.75) is 6.92 Å². The third kappa shape index (κ3) is 2.43. The lowest BCUT2D eigenvalue weighted by atomic mass is 10.1. The lowest BCUT2D eigenvalue weighted by Gasteiger charge is -2.10. The van der Waals surface area contributed by atoms with Gasteiger partial charge in [0, 0.05) is 6.20 Å². The Morgan fingerprint density at radius 2 is 2.19 bits per heavy atom. The smallest absolute Gasteiger partial charge is 0.259 e. The summed E-state index contributed by atoms with van der Waals surface area (Å²) in [5.74, 6) is 0.311. The molecule has 0 aliphatic heterocycles. The minimum Gasteiger partial charge on any atom is -0.496 e. The van der Waals surface area contributed by atoms with Crippen LogP contribution in [0.15, 0.2) is 36.7 Å². The number of hydrogen-bond acceptors (Lipinski definition) is 4. The molecule has 0 spiro atoms. The van der Waals surface area contributed by atoms with Gasteiger partial charge in [-0.15, -0.1) is 0 Å². The molecular weight excluding hydrogens is 268 g/mol. The highest BCUT2D eigenvalue weighted by Gasteiger charge is 2.14. The van der Waals surface area contributed by atoms with Crippen molar-refractivity contribution in [2.24, 2.45) is 0 Å². The van der Waals surface area contributed by atoms with Crippen LogP contribution >= 0.6 is 0 Å². The Labute approximate surface area is 121 Å². The number of hydrogen-bond donors (Lipinski definition) is 2.